The molecule has 0 unspecified atom stereocenters. The molecule has 0 bridgehead atoms. The average molecular weight is 213 g/mol. The summed E-state index contributed by atoms with van der Waals surface area (Å²) in [6.07, 6.45) is -0.581. The van der Waals surface area contributed by atoms with Gasteiger partial charge in [-0.2, -0.15) is 0 Å². The Morgan fingerprint density at radius 3 is 2.80 bits per heavy atom. The second-order valence-corrected chi connectivity index (χ2v) is 4.01. The van der Waals surface area contributed by atoms with Crippen molar-refractivity contribution in [3.05, 3.63) is 11.8 Å². The number of hydrogen-bond acceptors (Lipinski definition) is 5. The third-order valence-electron chi connectivity index (χ3n) is 1.39. The summed E-state index contributed by atoms with van der Waals surface area (Å²) in [4.78, 5) is 11.3. The predicted octanol–water partition coefficient (Wildman–Crippen LogP) is 1.48. The average Bonchev–Trinajstić information content (AvgIpc) is 2.48. The van der Waals surface area contributed by atoms with Gasteiger partial charge in [-0.25, -0.2) is 4.79 Å². The van der Waals surface area contributed by atoms with Gasteiger partial charge in [-0.3, -0.25) is 5.32 Å². The van der Waals surface area contributed by atoms with Crippen LogP contribution in [0.3, 0.4) is 0 Å². The third kappa shape index (κ3) is 3.99. The fourth-order valence-electron chi connectivity index (χ4n) is 0.871. The number of nitrogens with zero attached hydrogens (tertiary/aromatic N) is 1. The third-order valence-corrected chi connectivity index (χ3v) is 1.39. The minimum Gasteiger partial charge on any atom is -0.444 e. The van der Waals surface area contributed by atoms with Crippen molar-refractivity contribution >= 4 is 12.0 Å². The van der Waals surface area contributed by atoms with Crippen LogP contribution in [0.4, 0.5) is 10.7 Å². The maximum atomic E-state index is 11.3. The summed E-state index contributed by atoms with van der Waals surface area (Å²) in [6.45, 7) is 5.59. The van der Waals surface area contributed by atoms with Crippen molar-refractivity contribution in [2.45, 2.75) is 32.9 Å². The Kier molecular flexibility index (Phi) is 3.31. The first kappa shape index (κ1) is 11.5. The van der Waals surface area contributed by atoms with Crippen LogP contribution >= 0.6 is 0 Å². The van der Waals surface area contributed by atoms with Crippen LogP contribution in [0, 0.1) is 0 Å². The molecule has 1 heterocycles. The molecule has 0 spiro atoms. The van der Waals surface area contributed by atoms with Gasteiger partial charge in [0.2, 0.25) is 5.88 Å². The van der Waals surface area contributed by atoms with Crippen molar-refractivity contribution < 1.29 is 14.1 Å². The van der Waals surface area contributed by atoms with Crippen LogP contribution in [0.25, 0.3) is 0 Å². The highest BCUT2D eigenvalue weighted by Gasteiger charge is 2.17. The van der Waals surface area contributed by atoms with E-state index < -0.39 is 11.7 Å². The van der Waals surface area contributed by atoms with Crippen molar-refractivity contribution in [3.63, 3.8) is 0 Å². The summed E-state index contributed by atoms with van der Waals surface area (Å²) in [6, 6.07) is 1.55. The monoisotopic (exact) mass is 213 g/mol. The molecule has 0 aliphatic rings. The first-order valence-corrected chi connectivity index (χ1v) is 4.56. The molecule has 1 aromatic rings. The van der Waals surface area contributed by atoms with Crippen LogP contribution in [-0.4, -0.2) is 16.9 Å². The van der Waals surface area contributed by atoms with Crippen LogP contribution in [0.2, 0.25) is 0 Å². The second kappa shape index (κ2) is 4.31. The lowest BCUT2D eigenvalue weighted by Crippen LogP contribution is -2.27. The van der Waals surface area contributed by atoms with E-state index in [1.165, 1.54) is 0 Å². The van der Waals surface area contributed by atoms with E-state index >= 15 is 0 Å². The number of amides is 1. The topological polar surface area (TPSA) is 90.4 Å². The first-order chi connectivity index (χ1) is 6.90. The molecule has 0 aromatic carbocycles. The fraction of sp³-hybridized carbons (Fsp3) is 0.556. The molecule has 6 heteroatoms. The molecule has 84 valence electrons. The maximum absolute atomic E-state index is 11.3. The lowest BCUT2D eigenvalue weighted by Gasteiger charge is -2.18. The SMILES string of the molecule is CC(C)(C)OC(=O)Nc1cc(CN)no1. The molecular weight excluding hydrogens is 198 g/mol. The number of anilines is 1. The van der Waals surface area contributed by atoms with E-state index in [9.17, 15) is 4.79 Å². The number of rotatable bonds is 2. The van der Waals surface area contributed by atoms with E-state index in [2.05, 4.69) is 10.5 Å². The molecule has 1 rings (SSSR count). The maximum Gasteiger partial charge on any atom is 0.414 e. The molecule has 0 atom stereocenters. The first-order valence-electron chi connectivity index (χ1n) is 4.56. The van der Waals surface area contributed by atoms with E-state index in [4.69, 9.17) is 15.0 Å². The Morgan fingerprint density at radius 2 is 2.33 bits per heavy atom. The van der Waals surface area contributed by atoms with Crippen molar-refractivity contribution in [1.29, 1.82) is 0 Å². The summed E-state index contributed by atoms with van der Waals surface area (Å²) >= 11 is 0. The molecule has 0 fully saturated rings. The van der Waals surface area contributed by atoms with Gasteiger partial charge in [-0.05, 0) is 20.8 Å². The molecule has 15 heavy (non-hydrogen) atoms. The quantitative estimate of drug-likeness (QED) is 0.776. The number of ether oxygens (including phenoxy) is 1. The van der Waals surface area contributed by atoms with Gasteiger partial charge in [0.25, 0.3) is 0 Å². The van der Waals surface area contributed by atoms with Gasteiger partial charge < -0.3 is 15.0 Å². The largest absolute Gasteiger partial charge is 0.444 e. The van der Waals surface area contributed by atoms with E-state index in [-0.39, 0.29) is 12.4 Å². The zero-order valence-corrected chi connectivity index (χ0v) is 9.03. The summed E-state index contributed by atoms with van der Waals surface area (Å²) in [5, 5.41) is 6.02. The molecule has 0 aliphatic carbocycles. The fourth-order valence-corrected chi connectivity index (χ4v) is 0.871. The van der Waals surface area contributed by atoms with Crippen LogP contribution in [0.5, 0.6) is 0 Å². The molecule has 1 amide bonds. The number of hydrogen-bond donors (Lipinski definition) is 2. The molecule has 6 nitrogen and oxygen atoms in total. The summed E-state index contributed by atoms with van der Waals surface area (Å²) in [5.41, 5.74) is 5.36. The van der Waals surface area contributed by atoms with Crippen molar-refractivity contribution in [2.24, 2.45) is 5.73 Å². The summed E-state index contributed by atoms with van der Waals surface area (Å²) in [7, 11) is 0. The number of nitrogens with one attached hydrogen (secondary N) is 1. The number of carbonyl (C=O) groups is 1. The Hall–Kier alpha value is -1.56. The normalized spacial score (nSPS) is 11.2. The van der Waals surface area contributed by atoms with Gasteiger partial charge in [0.15, 0.2) is 0 Å². The number of carbonyl (C=O) groups excluding carboxylic acids is 1. The lowest BCUT2D eigenvalue weighted by molar-refractivity contribution is 0.0631. The van der Waals surface area contributed by atoms with Crippen molar-refractivity contribution in [1.82, 2.24) is 5.16 Å². The standard InChI is InChI=1S/C9H15N3O3/c1-9(2,3)14-8(13)11-7-4-6(5-10)12-15-7/h4H,5,10H2,1-3H3,(H,11,13). The Bertz CT molecular complexity index is 341. The van der Waals surface area contributed by atoms with Gasteiger partial charge in [0.05, 0.1) is 5.69 Å². The zero-order valence-electron chi connectivity index (χ0n) is 9.03. The highest BCUT2D eigenvalue weighted by Crippen LogP contribution is 2.12. The Morgan fingerprint density at radius 1 is 1.67 bits per heavy atom. The predicted molar refractivity (Wildman–Crippen MR) is 54.3 cm³/mol. The Labute approximate surface area is 87.8 Å². The molecule has 0 aliphatic heterocycles. The molecule has 3 N–H and O–H groups in total. The van der Waals surface area contributed by atoms with Crippen molar-refractivity contribution in [3.8, 4) is 0 Å². The van der Waals surface area contributed by atoms with E-state index in [0.717, 1.165) is 0 Å². The van der Waals surface area contributed by atoms with Crippen LogP contribution in [0.1, 0.15) is 26.5 Å². The minimum atomic E-state index is -0.581. The molecule has 0 saturated carbocycles. The summed E-state index contributed by atoms with van der Waals surface area (Å²) < 4.78 is 9.81. The smallest absolute Gasteiger partial charge is 0.414 e. The minimum absolute atomic E-state index is 0.227. The van der Waals surface area contributed by atoms with Gasteiger partial charge in [0, 0.05) is 12.6 Å². The molecular formula is C9H15N3O3. The van der Waals surface area contributed by atoms with Crippen molar-refractivity contribution in [2.75, 3.05) is 5.32 Å². The van der Waals surface area contributed by atoms with Crippen LogP contribution in [0.15, 0.2) is 10.6 Å². The molecule has 1 aromatic heterocycles. The number of nitrogens with two attached hydrogens (primary N) is 1. The Balaban J connectivity index is 2.51. The van der Waals surface area contributed by atoms with E-state index in [0.29, 0.717) is 5.69 Å². The highest BCUT2D eigenvalue weighted by atomic mass is 16.6. The van der Waals surface area contributed by atoms with Gasteiger partial charge in [0.1, 0.15) is 5.60 Å². The van der Waals surface area contributed by atoms with E-state index in [1.54, 1.807) is 26.8 Å². The number of aromatic nitrogens is 1. The van der Waals surface area contributed by atoms with Gasteiger partial charge in [-0.1, -0.05) is 5.16 Å². The lowest BCUT2D eigenvalue weighted by atomic mass is 10.2. The second-order valence-electron chi connectivity index (χ2n) is 4.01. The molecule has 0 saturated heterocycles. The van der Waals surface area contributed by atoms with Crippen LogP contribution < -0.4 is 11.1 Å². The highest BCUT2D eigenvalue weighted by molar-refractivity contribution is 5.83. The van der Waals surface area contributed by atoms with Gasteiger partial charge >= 0.3 is 6.09 Å². The summed E-state index contributed by atoms with van der Waals surface area (Å²) in [5.74, 6) is 0.227. The zero-order chi connectivity index (χ0) is 11.5. The van der Waals surface area contributed by atoms with Crippen LogP contribution in [-0.2, 0) is 11.3 Å². The molecule has 0 radical (unpaired) electrons. The van der Waals surface area contributed by atoms with Gasteiger partial charge in [-0.15, -0.1) is 0 Å². The van der Waals surface area contributed by atoms with E-state index in [1.807, 2.05) is 0 Å².